The van der Waals surface area contributed by atoms with Crippen molar-refractivity contribution < 1.29 is 42.7 Å². The van der Waals surface area contributed by atoms with Crippen LogP contribution in [0.1, 0.15) is 206 Å². The van der Waals surface area contributed by atoms with E-state index in [9.17, 15) is 19.0 Å². The quantitative estimate of drug-likeness (QED) is 0.0233. The van der Waals surface area contributed by atoms with Gasteiger partial charge in [-0.15, -0.1) is 0 Å². The van der Waals surface area contributed by atoms with Gasteiger partial charge in [-0.25, -0.2) is 4.57 Å². The Morgan fingerprint density at radius 1 is 0.559 bits per heavy atom. The number of rotatable bonds is 45. The van der Waals surface area contributed by atoms with Crippen molar-refractivity contribution in [1.29, 1.82) is 0 Å². The minimum absolute atomic E-state index is 0.00536. The van der Waals surface area contributed by atoms with E-state index in [1.165, 1.54) is 103 Å². The zero-order valence-electron chi connectivity index (χ0n) is 37.6. The average Bonchev–Trinajstić information content (AvgIpc) is 3.21. The first-order valence-electron chi connectivity index (χ1n) is 23.7. The van der Waals surface area contributed by atoms with Crippen molar-refractivity contribution in [3.63, 3.8) is 0 Å². The Morgan fingerprint density at radius 2 is 0.983 bits per heavy atom. The molecule has 0 aromatic rings. The monoisotopic (exact) mass is 854 g/mol. The van der Waals surface area contributed by atoms with Crippen molar-refractivity contribution in [2.45, 2.75) is 219 Å². The van der Waals surface area contributed by atoms with Crippen LogP contribution in [0.3, 0.4) is 0 Å². The first-order chi connectivity index (χ1) is 28.7. The van der Waals surface area contributed by atoms with Gasteiger partial charge >= 0.3 is 19.8 Å². The summed E-state index contributed by atoms with van der Waals surface area (Å²) in [4.78, 5) is 33.6. The molecule has 0 spiro atoms. The number of hydrogen-bond acceptors (Lipinski definition) is 8. The lowest BCUT2D eigenvalue weighted by Crippen LogP contribution is -2.34. The van der Waals surface area contributed by atoms with Gasteiger partial charge < -0.3 is 25.2 Å². The average molecular weight is 854 g/mol. The fourth-order valence-electron chi connectivity index (χ4n) is 6.48. The van der Waals surface area contributed by atoms with Gasteiger partial charge in [0.25, 0.3) is 0 Å². The number of aliphatic carboxylic acids is 1. The third kappa shape index (κ3) is 43.8. The Balaban J connectivity index is 4.21. The summed E-state index contributed by atoms with van der Waals surface area (Å²) in [6.45, 7) is 3.75. The molecule has 10 nitrogen and oxygen atoms in total. The Hall–Kier alpha value is -2.07. The number of unbranched alkanes of at least 4 members (excludes halogenated alkanes) is 23. The van der Waals surface area contributed by atoms with Gasteiger partial charge in [-0.3, -0.25) is 18.6 Å². The molecule has 11 heteroatoms. The van der Waals surface area contributed by atoms with Crippen molar-refractivity contribution in [2.75, 3.05) is 26.4 Å². The Labute approximate surface area is 360 Å². The number of carbonyl (C=O) groups is 2. The third-order valence-electron chi connectivity index (χ3n) is 10.1. The number of phosphoric ester groups is 1. The standard InChI is InChI=1S/C48H88NO9P/c1-3-5-7-9-11-13-15-17-19-21-23-24-26-28-30-32-34-36-38-40-47(50)58-45(43-56-59(53,54)57-44-46(49)48(51)52)42-55-41-39-37-35-33-31-29-27-25-22-20-18-16-14-12-10-8-6-4-2/h6,8,12,14,18,20,25,27,45-46H,3-5,7,9-11,13,15-17,19,21-24,26,28-44,49H2,1-2H3,(H,51,52)(H,53,54)/b8-6-,14-12-,20-18-,27-25-. The van der Waals surface area contributed by atoms with E-state index < -0.39 is 45.1 Å². The van der Waals surface area contributed by atoms with Crippen molar-refractivity contribution in [3.05, 3.63) is 48.6 Å². The van der Waals surface area contributed by atoms with Crippen molar-refractivity contribution in [2.24, 2.45) is 5.73 Å². The van der Waals surface area contributed by atoms with E-state index in [0.717, 1.165) is 77.0 Å². The van der Waals surface area contributed by atoms with Crippen LogP contribution in [0.5, 0.6) is 0 Å². The van der Waals surface area contributed by atoms with Crippen LogP contribution in [0.25, 0.3) is 0 Å². The SMILES string of the molecule is CC/C=C\C/C=C\C/C=C\C/C=C\CCCCCCCOCC(COP(=O)(O)OCC(N)C(=O)O)OC(=O)CCCCCCCCCCCCCCCCCCCCC. The molecule has 0 bridgehead atoms. The molecule has 0 heterocycles. The lowest BCUT2D eigenvalue weighted by molar-refractivity contribution is -0.154. The summed E-state index contributed by atoms with van der Waals surface area (Å²) in [5, 5.41) is 8.91. The summed E-state index contributed by atoms with van der Waals surface area (Å²) >= 11 is 0. The maximum absolute atomic E-state index is 12.7. The van der Waals surface area contributed by atoms with Gasteiger partial charge in [0.1, 0.15) is 12.1 Å². The zero-order chi connectivity index (χ0) is 43.3. The second-order valence-corrected chi connectivity index (χ2v) is 17.3. The van der Waals surface area contributed by atoms with E-state index in [2.05, 4.69) is 62.5 Å². The van der Waals surface area contributed by atoms with Crippen LogP contribution < -0.4 is 5.73 Å². The number of carbonyl (C=O) groups excluding carboxylic acids is 1. The fourth-order valence-corrected chi connectivity index (χ4v) is 7.26. The van der Waals surface area contributed by atoms with Crippen molar-refractivity contribution >= 4 is 19.8 Å². The highest BCUT2D eigenvalue weighted by molar-refractivity contribution is 7.47. The molecule has 0 aliphatic carbocycles. The minimum Gasteiger partial charge on any atom is -0.480 e. The molecule has 0 radical (unpaired) electrons. The molecule has 0 aliphatic heterocycles. The number of carboxylic acid groups (broad SMARTS) is 1. The third-order valence-corrected chi connectivity index (χ3v) is 11.1. The maximum Gasteiger partial charge on any atom is 0.472 e. The molecule has 0 saturated carbocycles. The molecule has 59 heavy (non-hydrogen) atoms. The van der Waals surface area contributed by atoms with E-state index in [4.69, 9.17) is 29.4 Å². The lowest BCUT2D eigenvalue weighted by Gasteiger charge is -2.20. The van der Waals surface area contributed by atoms with Crippen LogP contribution in [0.4, 0.5) is 0 Å². The van der Waals surface area contributed by atoms with Gasteiger partial charge in [-0.05, 0) is 51.4 Å². The molecule has 0 rings (SSSR count). The van der Waals surface area contributed by atoms with Gasteiger partial charge in [0, 0.05) is 13.0 Å². The van der Waals surface area contributed by atoms with Crippen LogP contribution in [0.2, 0.25) is 0 Å². The molecule has 4 N–H and O–H groups in total. The fraction of sp³-hybridized carbons (Fsp3) is 0.792. The smallest absolute Gasteiger partial charge is 0.472 e. The van der Waals surface area contributed by atoms with Crippen LogP contribution in [0.15, 0.2) is 48.6 Å². The Morgan fingerprint density at radius 3 is 1.47 bits per heavy atom. The number of hydrogen-bond donors (Lipinski definition) is 3. The van der Waals surface area contributed by atoms with E-state index in [-0.39, 0.29) is 13.0 Å². The topological polar surface area (TPSA) is 155 Å². The van der Waals surface area contributed by atoms with Gasteiger partial charge in [-0.2, -0.15) is 0 Å². The van der Waals surface area contributed by atoms with E-state index in [0.29, 0.717) is 13.0 Å². The largest absolute Gasteiger partial charge is 0.480 e. The number of allylic oxidation sites excluding steroid dienone is 8. The number of esters is 1. The number of carboxylic acids is 1. The maximum atomic E-state index is 12.7. The zero-order valence-corrected chi connectivity index (χ0v) is 38.5. The van der Waals surface area contributed by atoms with Crippen LogP contribution in [0, 0.1) is 0 Å². The Bertz CT molecular complexity index is 1130. The summed E-state index contributed by atoms with van der Waals surface area (Å²) in [6, 6.07) is -1.48. The highest BCUT2D eigenvalue weighted by Gasteiger charge is 2.27. The number of ether oxygens (including phenoxy) is 2. The van der Waals surface area contributed by atoms with Crippen LogP contribution in [-0.4, -0.2) is 60.5 Å². The van der Waals surface area contributed by atoms with Crippen molar-refractivity contribution in [3.8, 4) is 0 Å². The summed E-state index contributed by atoms with van der Waals surface area (Å²) in [5.74, 6) is -1.78. The molecule has 344 valence electrons. The number of nitrogens with two attached hydrogens (primary N) is 1. The molecule has 0 fully saturated rings. The second kappa shape index (κ2) is 44.0. The second-order valence-electron chi connectivity index (χ2n) is 15.9. The molecular weight excluding hydrogens is 765 g/mol. The summed E-state index contributed by atoms with van der Waals surface area (Å²) in [6.07, 6.45) is 51.6. The molecule has 0 amide bonds. The molecule has 0 aromatic heterocycles. The molecule has 3 atom stereocenters. The van der Waals surface area contributed by atoms with E-state index >= 15 is 0 Å². The highest BCUT2D eigenvalue weighted by Crippen LogP contribution is 2.43. The first kappa shape index (κ1) is 56.9. The number of phosphoric acid groups is 1. The Kier molecular flexibility index (Phi) is 42.5. The summed E-state index contributed by atoms with van der Waals surface area (Å²) in [5.41, 5.74) is 5.36. The minimum atomic E-state index is -4.62. The molecule has 0 aliphatic rings. The molecule has 0 aromatic carbocycles. The predicted molar refractivity (Wildman–Crippen MR) is 244 cm³/mol. The predicted octanol–water partition coefficient (Wildman–Crippen LogP) is 13.4. The van der Waals surface area contributed by atoms with E-state index in [1.54, 1.807) is 0 Å². The van der Waals surface area contributed by atoms with Crippen LogP contribution in [-0.2, 0) is 32.7 Å². The van der Waals surface area contributed by atoms with Crippen molar-refractivity contribution in [1.82, 2.24) is 0 Å². The molecular formula is C48H88NO9P. The molecule has 3 unspecified atom stereocenters. The summed E-state index contributed by atoms with van der Waals surface area (Å²) in [7, 11) is -4.62. The van der Waals surface area contributed by atoms with Gasteiger partial charge in [-0.1, -0.05) is 197 Å². The van der Waals surface area contributed by atoms with Gasteiger partial charge in [0.2, 0.25) is 0 Å². The summed E-state index contributed by atoms with van der Waals surface area (Å²) < 4.78 is 33.4. The van der Waals surface area contributed by atoms with Gasteiger partial charge in [0.15, 0.2) is 0 Å². The molecule has 0 saturated heterocycles. The normalized spacial score (nSPS) is 14.2. The van der Waals surface area contributed by atoms with Gasteiger partial charge in [0.05, 0.1) is 19.8 Å². The first-order valence-corrected chi connectivity index (χ1v) is 25.2. The van der Waals surface area contributed by atoms with Crippen LogP contribution >= 0.6 is 7.82 Å². The van der Waals surface area contributed by atoms with E-state index in [1.807, 2.05) is 0 Å². The lowest BCUT2D eigenvalue weighted by atomic mass is 10.0. The highest BCUT2D eigenvalue weighted by atomic mass is 31.2.